The van der Waals surface area contributed by atoms with Gasteiger partial charge in [0.1, 0.15) is 11.4 Å². The van der Waals surface area contributed by atoms with Crippen LogP contribution in [0.25, 0.3) is 0 Å². The Kier molecular flexibility index (Phi) is 5.96. The van der Waals surface area contributed by atoms with Crippen LogP contribution < -0.4 is 27.4 Å². The third-order valence-corrected chi connectivity index (χ3v) is 4.87. The van der Waals surface area contributed by atoms with Crippen molar-refractivity contribution in [2.24, 2.45) is 11.5 Å². The van der Waals surface area contributed by atoms with Gasteiger partial charge in [-0.15, -0.1) is 0 Å². The zero-order valence-electron chi connectivity index (χ0n) is 16.3. The maximum absolute atomic E-state index is 11.8. The number of hydrogen-bond acceptors (Lipinski definition) is 8. The zero-order valence-corrected chi connectivity index (χ0v) is 16.3. The first-order valence-corrected chi connectivity index (χ1v) is 9.23. The van der Waals surface area contributed by atoms with Crippen molar-refractivity contribution >= 4 is 29.0 Å². The summed E-state index contributed by atoms with van der Waals surface area (Å²) in [7, 11) is 1.61. The summed E-state index contributed by atoms with van der Waals surface area (Å²) in [6.45, 7) is 4.43. The Morgan fingerprint density at radius 2 is 2.25 bits per heavy atom. The summed E-state index contributed by atoms with van der Waals surface area (Å²) in [5, 5.41) is 9.75. The minimum Gasteiger partial charge on any atom is -0.382 e. The van der Waals surface area contributed by atoms with Gasteiger partial charge in [-0.05, 0) is 32.4 Å². The molecular formula is C19H27N7O2. The number of hydrogen-bond donors (Lipinski definition) is 5. The number of amides is 1. The molecule has 0 spiro atoms. The fraction of sp³-hybridized carbons (Fsp3) is 0.421. The lowest BCUT2D eigenvalue weighted by atomic mass is 10.1. The summed E-state index contributed by atoms with van der Waals surface area (Å²) < 4.78 is 5.22. The average Bonchev–Trinajstić information content (AvgIpc) is 3.06. The van der Waals surface area contributed by atoms with Crippen LogP contribution in [-0.4, -0.2) is 47.7 Å². The first-order valence-electron chi connectivity index (χ1n) is 9.23. The van der Waals surface area contributed by atoms with Crippen molar-refractivity contribution in [3.8, 4) is 0 Å². The smallest absolute Gasteiger partial charge is 0.254 e. The second-order valence-electron chi connectivity index (χ2n) is 7.01. The first-order chi connectivity index (χ1) is 13.4. The monoisotopic (exact) mass is 385 g/mol. The van der Waals surface area contributed by atoms with Crippen LogP contribution in [0.1, 0.15) is 29.8 Å². The standard InChI is InChI=1S/C19H27N7O2/c1-10-7-12-15(24-10)5-4-6-16(12)25-18-13(17(21)27)8-22-19(26-18)23-9-14(20)11(2)28-3/h4-6,8,10-11,14,24H,7,9,20H2,1-3H3,(H2,21,27)(H2,22,23,25,26)/t10?,11-,14-/m1/s1. The number of ether oxygens (including phenoxy) is 1. The third kappa shape index (κ3) is 4.32. The van der Waals surface area contributed by atoms with Crippen LogP contribution in [0.15, 0.2) is 24.4 Å². The van der Waals surface area contributed by atoms with Crippen molar-refractivity contribution in [2.75, 3.05) is 29.6 Å². The predicted molar refractivity (Wildman–Crippen MR) is 110 cm³/mol. The number of carbonyl (C=O) groups excluding carboxylic acids is 1. The van der Waals surface area contributed by atoms with Crippen molar-refractivity contribution in [3.05, 3.63) is 35.5 Å². The maximum Gasteiger partial charge on any atom is 0.254 e. The van der Waals surface area contributed by atoms with Crippen LogP contribution in [0.5, 0.6) is 0 Å². The molecule has 0 radical (unpaired) electrons. The van der Waals surface area contributed by atoms with Crippen molar-refractivity contribution in [2.45, 2.75) is 38.5 Å². The van der Waals surface area contributed by atoms with Crippen LogP contribution in [0, 0.1) is 0 Å². The SMILES string of the molecule is CO[C@H](C)[C@H](N)CNc1ncc(C(N)=O)c(Nc2cccc3c2CC(C)N3)n1. The number of nitrogens with two attached hydrogens (primary N) is 2. The Morgan fingerprint density at radius 3 is 2.96 bits per heavy atom. The van der Waals surface area contributed by atoms with Gasteiger partial charge in [0, 0.05) is 48.9 Å². The van der Waals surface area contributed by atoms with E-state index in [0.717, 1.165) is 23.4 Å². The van der Waals surface area contributed by atoms with E-state index in [1.54, 1.807) is 7.11 Å². The van der Waals surface area contributed by atoms with Crippen LogP contribution in [0.3, 0.4) is 0 Å². The van der Waals surface area contributed by atoms with Gasteiger partial charge in [0.15, 0.2) is 0 Å². The molecule has 1 aliphatic heterocycles. The number of nitrogens with one attached hydrogen (secondary N) is 3. The fourth-order valence-corrected chi connectivity index (χ4v) is 3.10. The molecule has 28 heavy (non-hydrogen) atoms. The quantitative estimate of drug-likeness (QED) is 0.460. The van der Waals surface area contributed by atoms with Gasteiger partial charge in [-0.3, -0.25) is 4.79 Å². The molecule has 2 aromatic rings. The number of fused-ring (bicyclic) bond motifs is 1. The fourth-order valence-electron chi connectivity index (χ4n) is 3.10. The van der Waals surface area contributed by atoms with Crippen LogP contribution in [-0.2, 0) is 11.2 Å². The third-order valence-electron chi connectivity index (χ3n) is 4.87. The molecule has 1 aromatic heterocycles. The van der Waals surface area contributed by atoms with Gasteiger partial charge in [-0.2, -0.15) is 4.98 Å². The lowest BCUT2D eigenvalue weighted by Gasteiger charge is -2.19. The van der Waals surface area contributed by atoms with Gasteiger partial charge in [0.25, 0.3) is 5.91 Å². The molecule has 1 aromatic carbocycles. The lowest BCUT2D eigenvalue weighted by Crippen LogP contribution is -2.40. The van der Waals surface area contributed by atoms with E-state index in [4.69, 9.17) is 16.2 Å². The molecule has 3 rings (SSSR count). The van der Waals surface area contributed by atoms with Gasteiger partial charge in [-0.1, -0.05) is 6.07 Å². The molecule has 7 N–H and O–H groups in total. The largest absolute Gasteiger partial charge is 0.382 e. The Hall–Kier alpha value is -2.91. The molecule has 0 saturated carbocycles. The molecule has 0 bridgehead atoms. The number of carbonyl (C=O) groups is 1. The van der Waals surface area contributed by atoms with Crippen LogP contribution >= 0.6 is 0 Å². The molecular weight excluding hydrogens is 358 g/mol. The highest BCUT2D eigenvalue weighted by Crippen LogP contribution is 2.33. The van der Waals surface area contributed by atoms with Crippen molar-refractivity contribution in [1.29, 1.82) is 0 Å². The summed E-state index contributed by atoms with van der Waals surface area (Å²) in [5.74, 6) is 0.106. The lowest BCUT2D eigenvalue weighted by molar-refractivity contribution is 0.0989. The minimum atomic E-state index is -0.599. The van der Waals surface area contributed by atoms with Crippen molar-refractivity contribution < 1.29 is 9.53 Å². The molecule has 9 nitrogen and oxygen atoms in total. The van der Waals surface area contributed by atoms with E-state index in [2.05, 4.69) is 32.8 Å². The number of rotatable bonds is 8. The summed E-state index contributed by atoms with van der Waals surface area (Å²) in [6, 6.07) is 6.05. The van der Waals surface area contributed by atoms with Gasteiger partial charge < -0.3 is 32.2 Å². The first kappa shape index (κ1) is 19.8. The Morgan fingerprint density at radius 1 is 1.46 bits per heavy atom. The van der Waals surface area contributed by atoms with E-state index in [1.807, 2.05) is 25.1 Å². The molecule has 0 aliphatic carbocycles. The predicted octanol–water partition coefficient (Wildman–Crippen LogP) is 1.45. The second-order valence-corrected chi connectivity index (χ2v) is 7.01. The van der Waals surface area contributed by atoms with Gasteiger partial charge in [0.05, 0.1) is 6.10 Å². The Labute approximate surface area is 164 Å². The van der Waals surface area contributed by atoms with E-state index < -0.39 is 5.91 Å². The number of methoxy groups -OCH3 is 1. The molecule has 1 aliphatic rings. The highest BCUT2D eigenvalue weighted by molar-refractivity contribution is 5.98. The maximum atomic E-state index is 11.8. The van der Waals surface area contributed by atoms with E-state index >= 15 is 0 Å². The molecule has 9 heteroatoms. The van der Waals surface area contributed by atoms with Crippen molar-refractivity contribution in [3.63, 3.8) is 0 Å². The molecule has 2 heterocycles. The van der Waals surface area contributed by atoms with Crippen molar-refractivity contribution in [1.82, 2.24) is 9.97 Å². The Balaban J connectivity index is 1.84. The summed E-state index contributed by atoms with van der Waals surface area (Å²) in [5.41, 5.74) is 14.9. The van der Waals surface area contributed by atoms with E-state index in [1.165, 1.54) is 6.20 Å². The van der Waals surface area contributed by atoms with E-state index in [-0.39, 0.29) is 17.7 Å². The number of anilines is 4. The normalized spacial score (nSPS) is 17.4. The van der Waals surface area contributed by atoms with E-state index in [0.29, 0.717) is 24.4 Å². The number of benzene rings is 1. The zero-order chi connectivity index (χ0) is 20.3. The van der Waals surface area contributed by atoms with Crippen LogP contribution in [0.4, 0.5) is 23.1 Å². The highest BCUT2D eigenvalue weighted by atomic mass is 16.5. The second kappa shape index (κ2) is 8.41. The summed E-state index contributed by atoms with van der Waals surface area (Å²) in [4.78, 5) is 20.4. The minimum absolute atomic E-state index is 0.114. The topological polar surface area (TPSA) is 140 Å². The van der Waals surface area contributed by atoms with Crippen LogP contribution in [0.2, 0.25) is 0 Å². The summed E-state index contributed by atoms with van der Waals surface area (Å²) >= 11 is 0. The molecule has 150 valence electrons. The van der Waals surface area contributed by atoms with Gasteiger partial charge in [0.2, 0.25) is 5.95 Å². The Bertz CT molecular complexity index is 858. The highest BCUT2D eigenvalue weighted by Gasteiger charge is 2.21. The average molecular weight is 385 g/mol. The molecule has 3 atom stereocenters. The number of primary amides is 1. The molecule has 0 saturated heterocycles. The summed E-state index contributed by atoms with van der Waals surface area (Å²) in [6.07, 6.45) is 2.18. The number of nitrogens with zero attached hydrogens (tertiary/aromatic N) is 2. The van der Waals surface area contributed by atoms with Gasteiger partial charge in [-0.25, -0.2) is 4.98 Å². The molecule has 1 unspecified atom stereocenters. The molecule has 0 fully saturated rings. The number of aromatic nitrogens is 2. The molecule has 1 amide bonds. The van der Waals surface area contributed by atoms with E-state index in [9.17, 15) is 4.79 Å². The van der Waals surface area contributed by atoms with Gasteiger partial charge >= 0.3 is 0 Å².